The second-order valence-electron chi connectivity index (χ2n) is 5.90. The van der Waals surface area contributed by atoms with E-state index < -0.39 is 0 Å². The van der Waals surface area contributed by atoms with E-state index in [4.69, 9.17) is 9.47 Å². The molecule has 0 unspecified atom stereocenters. The van der Waals surface area contributed by atoms with Crippen molar-refractivity contribution in [3.63, 3.8) is 0 Å². The third-order valence-electron chi connectivity index (χ3n) is 4.12. The predicted octanol–water partition coefficient (Wildman–Crippen LogP) is 3.93. The van der Waals surface area contributed by atoms with Crippen molar-refractivity contribution in [1.82, 2.24) is 14.8 Å². The monoisotopic (exact) mass is 371 g/mol. The van der Waals surface area contributed by atoms with Crippen molar-refractivity contribution in [2.24, 2.45) is 0 Å². The van der Waals surface area contributed by atoms with E-state index in [1.165, 1.54) is 12.1 Å². The van der Waals surface area contributed by atoms with Gasteiger partial charge in [0.05, 0.1) is 12.7 Å². The second-order valence-corrected chi connectivity index (χ2v) is 6.89. The number of thioether (sulfide) groups is 1. The van der Waals surface area contributed by atoms with E-state index in [9.17, 15) is 4.39 Å². The van der Waals surface area contributed by atoms with E-state index in [1.807, 2.05) is 34.9 Å². The van der Waals surface area contributed by atoms with Crippen molar-refractivity contribution in [3.8, 4) is 17.1 Å². The molecule has 1 aliphatic rings. The highest BCUT2D eigenvalue weighted by Gasteiger charge is 2.19. The minimum atomic E-state index is -0.270. The van der Waals surface area contributed by atoms with E-state index in [0.717, 1.165) is 34.4 Å². The zero-order valence-electron chi connectivity index (χ0n) is 14.0. The van der Waals surface area contributed by atoms with Crippen LogP contribution in [0.5, 0.6) is 0 Å². The number of rotatable bonds is 5. The summed E-state index contributed by atoms with van der Waals surface area (Å²) >= 11 is 1.58. The van der Waals surface area contributed by atoms with Gasteiger partial charge in [-0.25, -0.2) is 4.39 Å². The third-order valence-corrected chi connectivity index (χ3v) is 5.18. The smallest absolute Gasteiger partial charge is 0.196 e. The predicted molar refractivity (Wildman–Crippen MR) is 97.8 cm³/mol. The van der Waals surface area contributed by atoms with Crippen LogP contribution in [0, 0.1) is 5.82 Å². The van der Waals surface area contributed by atoms with E-state index in [0.29, 0.717) is 13.4 Å². The molecule has 3 aromatic rings. The minimum Gasteiger partial charge on any atom is -0.355 e. The van der Waals surface area contributed by atoms with Crippen LogP contribution in [-0.2, 0) is 9.47 Å². The molecular formula is C19H18FN3O2S. The molecule has 0 radical (unpaired) electrons. The van der Waals surface area contributed by atoms with Gasteiger partial charge in [0.15, 0.2) is 11.0 Å². The van der Waals surface area contributed by atoms with Gasteiger partial charge in [0, 0.05) is 17.0 Å². The lowest BCUT2D eigenvalue weighted by Crippen LogP contribution is -2.25. The first kappa shape index (κ1) is 17.2. The highest BCUT2D eigenvalue weighted by molar-refractivity contribution is 7.99. The van der Waals surface area contributed by atoms with Gasteiger partial charge in [-0.3, -0.25) is 4.57 Å². The highest BCUT2D eigenvalue weighted by Crippen LogP contribution is 2.29. The summed E-state index contributed by atoms with van der Waals surface area (Å²) in [6.07, 6.45) is 0.996. The van der Waals surface area contributed by atoms with Crippen LogP contribution >= 0.6 is 11.8 Å². The van der Waals surface area contributed by atoms with Crippen LogP contribution in [0.2, 0.25) is 0 Å². The van der Waals surface area contributed by atoms with Gasteiger partial charge in [0.2, 0.25) is 0 Å². The Bertz CT molecular complexity index is 849. The van der Waals surface area contributed by atoms with Crippen molar-refractivity contribution in [2.75, 3.05) is 19.2 Å². The molecule has 1 atom stereocenters. The van der Waals surface area contributed by atoms with Crippen LogP contribution in [0.15, 0.2) is 59.8 Å². The third kappa shape index (κ3) is 3.80. The van der Waals surface area contributed by atoms with Gasteiger partial charge in [0.25, 0.3) is 0 Å². The van der Waals surface area contributed by atoms with Gasteiger partial charge >= 0.3 is 0 Å². The Kier molecular flexibility index (Phi) is 5.29. The Hall–Kier alpha value is -2.22. The summed E-state index contributed by atoms with van der Waals surface area (Å²) in [6, 6.07) is 16.2. The fourth-order valence-corrected chi connectivity index (χ4v) is 3.78. The van der Waals surface area contributed by atoms with E-state index in [-0.39, 0.29) is 11.9 Å². The molecule has 0 spiro atoms. The molecule has 1 aliphatic heterocycles. The van der Waals surface area contributed by atoms with Crippen molar-refractivity contribution < 1.29 is 13.9 Å². The summed E-state index contributed by atoms with van der Waals surface area (Å²) in [7, 11) is 0. The summed E-state index contributed by atoms with van der Waals surface area (Å²) in [5, 5.41) is 9.51. The number of ether oxygens (including phenoxy) is 2. The SMILES string of the molecule is Fc1ccc(-n2c(SC[C@H]3CCOCO3)nnc2-c2ccccc2)cc1. The maximum atomic E-state index is 13.4. The molecule has 1 fully saturated rings. The highest BCUT2D eigenvalue weighted by atomic mass is 32.2. The standard InChI is InChI=1S/C19H18FN3O2S/c20-15-6-8-16(9-7-15)23-18(14-4-2-1-3-5-14)21-22-19(23)26-12-17-10-11-24-13-25-17/h1-9,17H,10-13H2/t17-/m1/s1. The molecule has 1 saturated heterocycles. The Balaban J connectivity index is 1.67. The summed E-state index contributed by atoms with van der Waals surface area (Å²) in [5.74, 6) is 1.22. The molecule has 0 bridgehead atoms. The van der Waals surface area contributed by atoms with Crippen molar-refractivity contribution in [2.45, 2.75) is 17.7 Å². The summed E-state index contributed by atoms with van der Waals surface area (Å²) < 4.78 is 26.1. The molecule has 26 heavy (non-hydrogen) atoms. The quantitative estimate of drug-likeness (QED) is 0.636. The van der Waals surface area contributed by atoms with E-state index in [1.54, 1.807) is 23.9 Å². The van der Waals surface area contributed by atoms with Crippen molar-refractivity contribution in [1.29, 1.82) is 0 Å². The van der Waals surface area contributed by atoms with Crippen LogP contribution < -0.4 is 0 Å². The lowest BCUT2D eigenvalue weighted by atomic mass is 10.2. The second kappa shape index (κ2) is 7.99. The Morgan fingerprint density at radius 2 is 1.88 bits per heavy atom. The molecule has 2 aromatic carbocycles. The summed E-state index contributed by atoms with van der Waals surface area (Å²) in [4.78, 5) is 0. The first-order valence-electron chi connectivity index (χ1n) is 8.40. The van der Waals surface area contributed by atoms with Crippen LogP contribution in [0.25, 0.3) is 17.1 Å². The van der Waals surface area contributed by atoms with Crippen LogP contribution in [0.3, 0.4) is 0 Å². The molecule has 0 aliphatic carbocycles. The fourth-order valence-electron chi connectivity index (χ4n) is 2.76. The van der Waals surface area contributed by atoms with E-state index in [2.05, 4.69) is 10.2 Å². The van der Waals surface area contributed by atoms with Gasteiger partial charge in [-0.05, 0) is 30.7 Å². The van der Waals surface area contributed by atoms with Crippen LogP contribution in [-0.4, -0.2) is 40.0 Å². The average molecular weight is 371 g/mol. The maximum absolute atomic E-state index is 13.4. The van der Waals surface area contributed by atoms with Gasteiger partial charge < -0.3 is 9.47 Å². The van der Waals surface area contributed by atoms with E-state index >= 15 is 0 Å². The normalized spacial score (nSPS) is 17.3. The molecule has 2 heterocycles. The molecule has 5 nitrogen and oxygen atoms in total. The zero-order valence-corrected chi connectivity index (χ0v) is 14.9. The molecule has 0 saturated carbocycles. The molecule has 7 heteroatoms. The maximum Gasteiger partial charge on any atom is 0.196 e. The number of hydrogen-bond donors (Lipinski definition) is 0. The largest absolute Gasteiger partial charge is 0.355 e. The Labute approximate surface area is 155 Å². The van der Waals surface area contributed by atoms with Gasteiger partial charge in [-0.15, -0.1) is 10.2 Å². The topological polar surface area (TPSA) is 49.2 Å². The number of hydrogen-bond acceptors (Lipinski definition) is 5. The molecule has 0 N–H and O–H groups in total. The number of nitrogens with zero attached hydrogens (tertiary/aromatic N) is 3. The molecule has 4 rings (SSSR count). The van der Waals surface area contributed by atoms with Crippen LogP contribution in [0.4, 0.5) is 4.39 Å². The minimum absolute atomic E-state index is 0.132. The van der Waals surface area contributed by atoms with Gasteiger partial charge in [0.1, 0.15) is 12.6 Å². The number of aromatic nitrogens is 3. The van der Waals surface area contributed by atoms with Crippen LogP contribution in [0.1, 0.15) is 6.42 Å². The Morgan fingerprint density at radius 3 is 2.62 bits per heavy atom. The lowest BCUT2D eigenvalue weighted by molar-refractivity contribution is -0.130. The number of benzene rings is 2. The molecule has 134 valence electrons. The van der Waals surface area contributed by atoms with Gasteiger partial charge in [-0.2, -0.15) is 0 Å². The first-order valence-corrected chi connectivity index (χ1v) is 9.39. The van der Waals surface area contributed by atoms with Gasteiger partial charge in [-0.1, -0.05) is 42.1 Å². The summed E-state index contributed by atoms with van der Waals surface area (Å²) in [5.41, 5.74) is 1.78. The van der Waals surface area contributed by atoms with Crippen molar-refractivity contribution >= 4 is 11.8 Å². The summed E-state index contributed by atoms with van der Waals surface area (Å²) in [6.45, 7) is 1.05. The zero-order chi connectivity index (χ0) is 17.8. The lowest BCUT2D eigenvalue weighted by Gasteiger charge is -2.22. The average Bonchev–Trinajstić information content (AvgIpc) is 3.12. The first-order chi connectivity index (χ1) is 12.8. The fraction of sp³-hybridized carbons (Fsp3) is 0.263. The molecule has 1 aromatic heterocycles. The Morgan fingerprint density at radius 1 is 1.08 bits per heavy atom. The molecular weight excluding hydrogens is 353 g/mol. The van der Waals surface area contributed by atoms with Crippen molar-refractivity contribution in [3.05, 3.63) is 60.4 Å². The number of halogens is 1. The molecule has 0 amide bonds.